The minimum atomic E-state index is -0.421. The number of ether oxygens (including phenoxy) is 1. The summed E-state index contributed by atoms with van der Waals surface area (Å²) in [5.41, 5.74) is 2.29. The Labute approximate surface area is 129 Å². The van der Waals surface area contributed by atoms with Crippen molar-refractivity contribution in [1.82, 2.24) is 0 Å². The van der Waals surface area contributed by atoms with Gasteiger partial charge in [0, 0.05) is 0 Å². The van der Waals surface area contributed by atoms with Crippen molar-refractivity contribution in [3.8, 4) is 0 Å². The zero-order valence-corrected chi connectivity index (χ0v) is 12.3. The summed E-state index contributed by atoms with van der Waals surface area (Å²) in [6.45, 7) is 2.09. The summed E-state index contributed by atoms with van der Waals surface area (Å²) >= 11 is 0. The maximum absolute atomic E-state index is 12.2. The molecular weight excluding hydrogens is 278 g/mol. The maximum atomic E-state index is 12.2. The van der Waals surface area contributed by atoms with Gasteiger partial charge in [-0.2, -0.15) is 0 Å². The molecule has 1 aliphatic rings. The van der Waals surface area contributed by atoms with Gasteiger partial charge in [0.15, 0.2) is 11.8 Å². The molecule has 1 aliphatic heterocycles. The summed E-state index contributed by atoms with van der Waals surface area (Å²) in [5, 5.41) is 4.01. The SMILES string of the molecule is CCOC(=O)C1=NOC(c2ccccc2)C1c1ccccc1. The smallest absolute Gasteiger partial charge is 0.356 e. The molecule has 0 aliphatic carbocycles. The Morgan fingerprint density at radius 3 is 2.23 bits per heavy atom. The van der Waals surface area contributed by atoms with Crippen LogP contribution in [-0.2, 0) is 14.4 Å². The van der Waals surface area contributed by atoms with Crippen molar-refractivity contribution in [2.24, 2.45) is 5.16 Å². The lowest BCUT2D eigenvalue weighted by molar-refractivity contribution is -0.135. The minimum Gasteiger partial charge on any atom is -0.461 e. The summed E-state index contributed by atoms with van der Waals surface area (Å²) in [6.07, 6.45) is -0.317. The van der Waals surface area contributed by atoms with Gasteiger partial charge in [-0.3, -0.25) is 0 Å². The van der Waals surface area contributed by atoms with Crippen LogP contribution in [0.25, 0.3) is 0 Å². The predicted octanol–water partition coefficient (Wildman–Crippen LogP) is 3.46. The number of hydrogen-bond acceptors (Lipinski definition) is 4. The van der Waals surface area contributed by atoms with E-state index in [-0.39, 0.29) is 12.0 Å². The first kappa shape index (κ1) is 14.3. The standard InChI is InChI=1S/C18H17NO3/c1-2-21-18(20)16-15(13-9-5-3-6-10-13)17(22-19-16)14-11-7-4-8-12-14/h3-12,15,17H,2H2,1H3. The van der Waals surface area contributed by atoms with Crippen molar-refractivity contribution in [3.63, 3.8) is 0 Å². The van der Waals surface area contributed by atoms with Gasteiger partial charge < -0.3 is 9.57 Å². The van der Waals surface area contributed by atoms with E-state index in [1.54, 1.807) is 6.92 Å². The van der Waals surface area contributed by atoms with Crippen LogP contribution < -0.4 is 0 Å². The van der Waals surface area contributed by atoms with E-state index < -0.39 is 5.97 Å². The number of carbonyl (C=O) groups excluding carboxylic acids is 1. The van der Waals surface area contributed by atoms with E-state index in [1.807, 2.05) is 60.7 Å². The molecule has 1 heterocycles. The molecule has 4 nitrogen and oxygen atoms in total. The third-order valence-corrected chi connectivity index (χ3v) is 3.63. The molecule has 3 rings (SSSR count). The minimum absolute atomic E-state index is 0.261. The Morgan fingerprint density at radius 1 is 1.05 bits per heavy atom. The van der Waals surface area contributed by atoms with Crippen LogP contribution in [0, 0.1) is 0 Å². The molecule has 4 heteroatoms. The lowest BCUT2D eigenvalue weighted by Crippen LogP contribution is -2.24. The molecule has 0 radical (unpaired) electrons. The van der Waals surface area contributed by atoms with Gasteiger partial charge in [0.05, 0.1) is 12.5 Å². The Morgan fingerprint density at radius 2 is 1.64 bits per heavy atom. The Hall–Kier alpha value is -2.62. The Balaban J connectivity index is 1.98. The van der Waals surface area contributed by atoms with E-state index in [0.717, 1.165) is 11.1 Å². The van der Waals surface area contributed by atoms with Gasteiger partial charge in [0.25, 0.3) is 0 Å². The van der Waals surface area contributed by atoms with E-state index >= 15 is 0 Å². The van der Waals surface area contributed by atoms with Crippen LogP contribution in [-0.4, -0.2) is 18.3 Å². The third kappa shape index (κ3) is 2.72. The summed E-state index contributed by atoms with van der Waals surface area (Å²) in [7, 11) is 0. The van der Waals surface area contributed by atoms with Crippen LogP contribution >= 0.6 is 0 Å². The largest absolute Gasteiger partial charge is 0.461 e. The maximum Gasteiger partial charge on any atom is 0.356 e. The fraction of sp³-hybridized carbons (Fsp3) is 0.222. The highest BCUT2D eigenvalue weighted by molar-refractivity contribution is 6.39. The van der Waals surface area contributed by atoms with Crippen molar-refractivity contribution < 1.29 is 14.4 Å². The van der Waals surface area contributed by atoms with Crippen LogP contribution in [0.2, 0.25) is 0 Å². The molecule has 0 spiro atoms. The van der Waals surface area contributed by atoms with Crippen LogP contribution in [0.5, 0.6) is 0 Å². The van der Waals surface area contributed by atoms with Gasteiger partial charge in [-0.05, 0) is 18.1 Å². The summed E-state index contributed by atoms with van der Waals surface area (Å²) in [5.74, 6) is -0.683. The quantitative estimate of drug-likeness (QED) is 0.812. The molecule has 2 unspecified atom stereocenters. The van der Waals surface area contributed by atoms with Gasteiger partial charge in [0.2, 0.25) is 0 Å². The molecule has 22 heavy (non-hydrogen) atoms. The van der Waals surface area contributed by atoms with Crippen LogP contribution in [0.3, 0.4) is 0 Å². The van der Waals surface area contributed by atoms with Crippen molar-refractivity contribution >= 4 is 11.7 Å². The zero-order valence-electron chi connectivity index (χ0n) is 12.3. The van der Waals surface area contributed by atoms with Gasteiger partial charge in [-0.15, -0.1) is 0 Å². The Bertz CT molecular complexity index is 667. The summed E-state index contributed by atoms with van der Waals surface area (Å²) in [6, 6.07) is 19.6. The number of rotatable bonds is 4. The average molecular weight is 295 g/mol. The molecule has 2 aromatic carbocycles. The zero-order chi connectivity index (χ0) is 15.4. The summed E-state index contributed by atoms with van der Waals surface area (Å²) in [4.78, 5) is 17.7. The highest BCUT2D eigenvalue weighted by Crippen LogP contribution is 2.40. The first-order chi connectivity index (χ1) is 10.8. The van der Waals surface area contributed by atoms with Gasteiger partial charge in [-0.25, -0.2) is 4.79 Å². The lowest BCUT2D eigenvalue weighted by Gasteiger charge is -2.19. The molecule has 0 amide bonds. The summed E-state index contributed by atoms with van der Waals surface area (Å²) < 4.78 is 5.11. The molecule has 2 aromatic rings. The van der Waals surface area contributed by atoms with Crippen LogP contribution in [0.1, 0.15) is 30.1 Å². The van der Waals surface area contributed by atoms with Gasteiger partial charge in [0.1, 0.15) is 0 Å². The van der Waals surface area contributed by atoms with E-state index in [4.69, 9.17) is 9.57 Å². The van der Waals surface area contributed by atoms with Gasteiger partial charge >= 0.3 is 5.97 Å². The topological polar surface area (TPSA) is 47.9 Å². The van der Waals surface area contributed by atoms with Crippen molar-refractivity contribution in [3.05, 3.63) is 71.8 Å². The number of nitrogens with zero attached hydrogens (tertiary/aromatic N) is 1. The average Bonchev–Trinajstić information content (AvgIpc) is 3.02. The second kappa shape index (κ2) is 6.43. The van der Waals surface area contributed by atoms with Crippen molar-refractivity contribution in [2.45, 2.75) is 18.9 Å². The molecule has 0 fully saturated rings. The molecule has 0 N–H and O–H groups in total. The van der Waals surface area contributed by atoms with E-state index in [9.17, 15) is 4.79 Å². The third-order valence-electron chi connectivity index (χ3n) is 3.63. The first-order valence-corrected chi connectivity index (χ1v) is 7.32. The molecule has 112 valence electrons. The highest BCUT2D eigenvalue weighted by atomic mass is 16.6. The van der Waals surface area contributed by atoms with Crippen molar-refractivity contribution in [2.75, 3.05) is 6.61 Å². The molecule has 0 saturated heterocycles. The van der Waals surface area contributed by atoms with E-state index in [1.165, 1.54) is 0 Å². The number of esters is 1. The fourth-order valence-corrected chi connectivity index (χ4v) is 2.63. The van der Waals surface area contributed by atoms with E-state index in [0.29, 0.717) is 12.3 Å². The molecule has 2 atom stereocenters. The number of oxime groups is 1. The van der Waals surface area contributed by atoms with Crippen molar-refractivity contribution in [1.29, 1.82) is 0 Å². The molecular formula is C18H17NO3. The Kier molecular flexibility index (Phi) is 4.19. The molecule has 0 saturated carbocycles. The monoisotopic (exact) mass is 295 g/mol. The number of carbonyl (C=O) groups is 1. The molecule has 0 aromatic heterocycles. The number of benzene rings is 2. The van der Waals surface area contributed by atoms with E-state index in [2.05, 4.69) is 5.16 Å². The van der Waals surface area contributed by atoms with Crippen LogP contribution in [0.15, 0.2) is 65.8 Å². The van der Waals surface area contributed by atoms with Gasteiger partial charge in [-0.1, -0.05) is 65.8 Å². The normalized spacial score (nSPS) is 20.1. The highest BCUT2D eigenvalue weighted by Gasteiger charge is 2.40. The fourth-order valence-electron chi connectivity index (χ4n) is 2.63. The lowest BCUT2D eigenvalue weighted by atomic mass is 9.86. The molecule has 0 bridgehead atoms. The second-order valence-corrected chi connectivity index (χ2v) is 5.02. The second-order valence-electron chi connectivity index (χ2n) is 5.02. The predicted molar refractivity (Wildman–Crippen MR) is 83.5 cm³/mol. The first-order valence-electron chi connectivity index (χ1n) is 7.32. The van der Waals surface area contributed by atoms with Crippen LogP contribution in [0.4, 0.5) is 0 Å². The number of hydrogen-bond donors (Lipinski definition) is 0.